The van der Waals surface area contributed by atoms with Gasteiger partial charge in [0.1, 0.15) is 6.04 Å². The van der Waals surface area contributed by atoms with E-state index in [0.29, 0.717) is 15.5 Å². The highest BCUT2D eigenvalue weighted by atomic mass is 35.5. The lowest BCUT2D eigenvalue weighted by molar-refractivity contribution is -0.150. The summed E-state index contributed by atoms with van der Waals surface area (Å²) < 4.78 is 0. The van der Waals surface area contributed by atoms with Crippen LogP contribution in [-0.2, 0) is 9.59 Å². The molecule has 35 heavy (non-hydrogen) atoms. The summed E-state index contributed by atoms with van der Waals surface area (Å²) in [4.78, 5) is 42.2. The summed E-state index contributed by atoms with van der Waals surface area (Å²) in [7, 11) is 0. The first kappa shape index (κ1) is 23.5. The molecule has 1 saturated heterocycles. The number of carboxylic acid groups (broad SMARTS) is 1. The van der Waals surface area contributed by atoms with Gasteiger partial charge in [0, 0.05) is 16.9 Å². The van der Waals surface area contributed by atoms with Crippen molar-refractivity contribution >= 4 is 46.7 Å². The molecule has 5 nitrogen and oxygen atoms in total. The van der Waals surface area contributed by atoms with E-state index in [1.807, 2.05) is 47.9 Å². The van der Waals surface area contributed by atoms with Gasteiger partial charge in [-0.15, -0.1) is 11.3 Å². The maximum absolute atomic E-state index is 13.9. The average molecular weight is 506 g/mol. The van der Waals surface area contributed by atoms with E-state index in [1.165, 1.54) is 16.2 Å². The van der Waals surface area contributed by atoms with Crippen molar-refractivity contribution in [2.45, 2.75) is 30.8 Å². The molecule has 1 saturated carbocycles. The fourth-order valence-electron chi connectivity index (χ4n) is 5.00. The third-order valence-corrected chi connectivity index (χ3v) is 7.89. The van der Waals surface area contributed by atoms with Gasteiger partial charge in [0.25, 0.3) is 0 Å². The van der Waals surface area contributed by atoms with Gasteiger partial charge in [-0.05, 0) is 47.5 Å². The molecule has 3 aromatic rings. The van der Waals surface area contributed by atoms with Crippen LogP contribution in [0, 0.1) is 11.8 Å². The Labute approximate surface area is 212 Å². The fourth-order valence-corrected chi connectivity index (χ4v) is 5.84. The predicted octanol–water partition coefficient (Wildman–Crippen LogP) is 5.77. The lowest BCUT2D eigenvalue weighted by Gasteiger charge is -2.28. The molecule has 4 unspecified atom stereocenters. The summed E-state index contributed by atoms with van der Waals surface area (Å²) in [5.74, 6) is -3.11. The molecule has 2 heterocycles. The van der Waals surface area contributed by atoms with Gasteiger partial charge in [-0.2, -0.15) is 0 Å². The SMILES string of the molecule is O=C(c1cccs1)C1C(c2ccc(Cl)cc2)C(C(=O)O)N(C(=O)C2CC2)C1C=Cc1ccccc1. The van der Waals surface area contributed by atoms with Gasteiger partial charge in [-0.3, -0.25) is 9.59 Å². The first-order chi connectivity index (χ1) is 17.0. The Kier molecular flexibility index (Phi) is 6.58. The molecular formula is C28H24ClNO4S. The quantitative estimate of drug-likeness (QED) is 0.413. The summed E-state index contributed by atoms with van der Waals surface area (Å²) in [5, 5.41) is 12.8. The molecule has 0 spiro atoms. The molecule has 0 bridgehead atoms. The third-order valence-electron chi connectivity index (χ3n) is 6.76. The average Bonchev–Trinajstić information content (AvgIpc) is 3.45. The highest BCUT2D eigenvalue weighted by molar-refractivity contribution is 7.12. The number of carboxylic acids is 1. The number of halogens is 1. The van der Waals surface area contributed by atoms with Crippen LogP contribution >= 0.6 is 22.9 Å². The van der Waals surface area contributed by atoms with Crippen LogP contribution in [0.25, 0.3) is 6.08 Å². The van der Waals surface area contributed by atoms with Crippen LogP contribution < -0.4 is 0 Å². The molecule has 2 fully saturated rings. The standard InChI is InChI=1S/C28H24ClNO4S/c29-20-13-11-18(12-14-20)23-24(26(31)22-7-4-16-35-22)21(15-8-17-5-2-1-3-6-17)30(25(23)28(33)34)27(32)19-9-10-19/h1-8,11-16,19,21,23-25H,9-10H2,(H,33,34). The third kappa shape index (κ3) is 4.68. The van der Waals surface area contributed by atoms with Crippen molar-refractivity contribution in [2.24, 2.45) is 11.8 Å². The topological polar surface area (TPSA) is 74.7 Å². The second-order valence-electron chi connectivity index (χ2n) is 9.01. The Bertz CT molecular complexity index is 1250. The van der Waals surface area contributed by atoms with E-state index in [4.69, 9.17) is 11.6 Å². The Morgan fingerprint density at radius 1 is 0.971 bits per heavy atom. The zero-order valence-corrected chi connectivity index (χ0v) is 20.4. The zero-order chi connectivity index (χ0) is 24.5. The number of ketones is 1. The predicted molar refractivity (Wildman–Crippen MR) is 137 cm³/mol. The van der Waals surface area contributed by atoms with E-state index in [0.717, 1.165) is 18.4 Å². The number of hydrogen-bond donors (Lipinski definition) is 1. The van der Waals surface area contributed by atoms with Gasteiger partial charge in [0.2, 0.25) is 5.91 Å². The van der Waals surface area contributed by atoms with Crippen LogP contribution in [0.5, 0.6) is 0 Å². The Morgan fingerprint density at radius 3 is 2.29 bits per heavy atom. The van der Waals surface area contributed by atoms with Crippen LogP contribution in [0.1, 0.15) is 39.6 Å². The normalized spacial score (nSPS) is 24.1. The largest absolute Gasteiger partial charge is 0.480 e. The Morgan fingerprint density at radius 2 is 1.69 bits per heavy atom. The molecule has 0 radical (unpaired) electrons. The number of Topliss-reactive ketones (excluding diaryl/α,β-unsaturated/α-hetero) is 1. The van der Waals surface area contributed by atoms with E-state index in [2.05, 4.69) is 0 Å². The summed E-state index contributed by atoms with van der Waals surface area (Å²) in [6.07, 6.45) is 5.19. The number of hydrogen-bond acceptors (Lipinski definition) is 4. The second-order valence-corrected chi connectivity index (χ2v) is 10.4. The number of benzene rings is 2. The minimum Gasteiger partial charge on any atom is -0.480 e. The number of carbonyl (C=O) groups excluding carboxylic acids is 2. The van der Waals surface area contributed by atoms with Crippen molar-refractivity contribution in [3.63, 3.8) is 0 Å². The van der Waals surface area contributed by atoms with Crippen molar-refractivity contribution in [3.05, 3.63) is 99.2 Å². The molecular weight excluding hydrogens is 482 g/mol. The highest BCUT2D eigenvalue weighted by Gasteiger charge is 2.57. The van der Waals surface area contributed by atoms with E-state index in [9.17, 15) is 19.5 Å². The van der Waals surface area contributed by atoms with Gasteiger partial charge < -0.3 is 10.0 Å². The molecule has 178 valence electrons. The molecule has 1 amide bonds. The second kappa shape index (κ2) is 9.80. The van der Waals surface area contributed by atoms with Crippen LogP contribution in [0.2, 0.25) is 5.02 Å². The number of carbonyl (C=O) groups is 3. The van der Waals surface area contributed by atoms with Crippen molar-refractivity contribution in [1.29, 1.82) is 0 Å². The first-order valence-corrected chi connectivity index (χ1v) is 12.8. The summed E-state index contributed by atoms with van der Waals surface area (Å²) in [6, 6.07) is 18.2. The molecule has 1 aliphatic carbocycles. The molecule has 1 aromatic heterocycles. The monoisotopic (exact) mass is 505 g/mol. The maximum Gasteiger partial charge on any atom is 0.327 e. The van der Waals surface area contributed by atoms with E-state index in [-0.39, 0.29) is 17.6 Å². The molecule has 1 N–H and O–H groups in total. The highest BCUT2D eigenvalue weighted by Crippen LogP contribution is 2.48. The van der Waals surface area contributed by atoms with Crippen LogP contribution in [0.4, 0.5) is 0 Å². The van der Waals surface area contributed by atoms with Crippen LogP contribution in [-0.4, -0.2) is 39.7 Å². The number of nitrogens with zero attached hydrogens (tertiary/aromatic N) is 1. The Hall–Kier alpha value is -3.22. The summed E-state index contributed by atoms with van der Waals surface area (Å²) >= 11 is 7.44. The maximum atomic E-state index is 13.9. The molecule has 1 aliphatic heterocycles. The van der Waals surface area contributed by atoms with Crippen molar-refractivity contribution in [2.75, 3.05) is 0 Å². The lowest BCUT2D eigenvalue weighted by atomic mass is 9.78. The zero-order valence-electron chi connectivity index (χ0n) is 18.8. The molecule has 4 atom stereocenters. The summed E-state index contributed by atoms with van der Waals surface area (Å²) in [5.41, 5.74) is 1.59. The molecule has 7 heteroatoms. The molecule has 2 aliphatic rings. The van der Waals surface area contributed by atoms with Gasteiger partial charge in [0.05, 0.1) is 16.8 Å². The minimum atomic E-state index is -1.16. The number of rotatable bonds is 7. The number of aliphatic carboxylic acids is 1. The van der Waals surface area contributed by atoms with Gasteiger partial charge in [0.15, 0.2) is 5.78 Å². The van der Waals surface area contributed by atoms with E-state index >= 15 is 0 Å². The van der Waals surface area contributed by atoms with Crippen LogP contribution in [0.3, 0.4) is 0 Å². The summed E-state index contributed by atoms with van der Waals surface area (Å²) in [6.45, 7) is 0. The number of amides is 1. The first-order valence-electron chi connectivity index (χ1n) is 11.6. The van der Waals surface area contributed by atoms with Crippen LogP contribution in [0.15, 0.2) is 78.2 Å². The minimum absolute atomic E-state index is 0.153. The number of thiophene rings is 1. The Balaban J connectivity index is 1.67. The van der Waals surface area contributed by atoms with E-state index in [1.54, 1.807) is 36.4 Å². The fraction of sp³-hybridized carbons (Fsp3) is 0.250. The van der Waals surface area contributed by atoms with Gasteiger partial charge in [-0.1, -0.05) is 72.3 Å². The van der Waals surface area contributed by atoms with E-state index < -0.39 is 29.9 Å². The molecule has 5 rings (SSSR count). The smallest absolute Gasteiger partial charge is 0.327 e. The van der Waals surface area contributed by atoms with Crippen molar-refractivity contribution < 1.29 is 19.5 Å². The van der Waals surface area contributed by atoms with Crippen molar-refractivity contribution in [1.82, 2.24) is 4.90 Å². The van der Waals surface area contributed by atoms with Crippen molar-refractivity contribution in [3.8, 4) is 0 Å². The molecule has 2 aromatic carbocycles. The number of likely N-dealkylation sites (tertiary alicyclic amines) is 1. The lowest BCUT2D eigenvalue weighted by Crippen LogP contribution is -2.46. The van der Waals surface area contributed by atoms with Gasteiger partial charge in [-0.25, -0.2) is 4.79 Å². The van der Waals surface area contributed by atoms with Gasteiger partial charge >= 0.3 is 5.97 Å².